The van der Waals surface area contributed by atoms with Crippen LogP contribution in [0, 0.1) is 12.7 Å². The summed E-state index contributed by atoms with van der Waals surface area (Å²) >= 11 is 1.30. The van der Waals surface area contributed by atoms with Gasteiger partial charge in [0.05, 0.1) is 11.4 Å². The molecule has 0 unspecified atom stereocenters. The lowest BCUT2D eigenvalue weighted by molar-refractivity contribution is 0.433. The van der Waals surface area contributed by atoms with Gasteiger partial charge in [0.25, 0.3) is 0 Å². The molecular weight excluding hydrogens is 265 g/mol. The second-order valence-corrected chi connectivity index (χ2v) is 4.89. The number of aromatic nitrogens is 3. The van der Waals surface area contributed by atoms with Crippen molar-refractivity contribution in [3.8, 4) is 22.3 Å². The normalized spacial score (nSPS) is 10.8. The maximum absolute atomic E-state index is 13.7. The third-order valence-electron chi connectivity index (χ3n) is 2.64. The predicted molar refractivity (Wildman–Crippen MR) is 71.0 cm³/mol. The highest BCUT2D eigenvalue weighted by Gasteiger charge is 2.13. The van der Waals surface area contributed by atoms with E-state index in [1.807, 2.05) is 0 Å². The third kappa shape index (κ3) is 2.10. The minimum atomic E-state index is -0.319. The molecule has 0 saturated carbocycles. The second-order valence-electron chi connectivity index (χ2n) is 4.05. The van der Waals surface area contributed by atoms with Gasteiger partial charge in [0.1, 0.15) is 5.82 Å². The average molecular weight is 275 g/mol. The molecule has 96 valence electrons. The van der Waals surface area contributed by atoms with Crippen LogP contribution in [0.2, 0.25) is 0 Å². The van der Waals surface area contributed by atoms with Crippen LogP contribution in [0.25, 0.3) is 16.4 Å². The summed E-state index contributed by atoms with van der Waals surface area (Å²) < 4.78 is 15.0. The number of aryl methyl sites for hydroxylation is 1. The number of hydrogen-bond acceptors (Lipinski definition) is 4. The first kappa shape index (κ1) is 11.9. The van der Waals surface area contributed by atoms with Gasteiger partial charge in [-0.2, -0.15) is 9.78 Å². The Kier molecular flexibility index (Phi) is 2.79. The fourth-order valence-electron chi connectivity index (χ4n) is 1.78. The van der Waals surface area contributed by atoms with Crippen LogP contribution in [0.5, 0.6) is 5.88 Å². The van der Waals surface area contributed by atoms with Crippen molar-refractivity contribution in [3.63, 3.8) is 0 Å². The highest BCUT2D eigenvalue weighted by molar-refractivity contribution is 7.12. The van der Waals surface area contributed by atoms with Crippen LogP contribution in [0.1, 0.15) is 5.69 Å². The van der Waals surface area contributed by atoms with Crippen LogP contribution in [0.3, 0.4) is 0 Å². The van der Waals surface area contributed by atoms with Crippen LogP contribution >= 0.6 is 11.3 Å². The van der Waals surface area contributed by atoms with E-state index in [1.165, 1.54) is 22.1 Å². The maximum Gasteiger partial charge on any atom is 0.216 e. The van der Waals surface area contributed by atoms with E-state index < -0.39 is 0 Å². The van der Waals surface area contributed by atoms with E-state index in [0.717, 1.165) is 0 Å². The van der Waals surface area contributed by atoms with E-state index in [0.29, 0.717) is 22.1 Å². The van der Waals surface area contributed by atoms with Crippen LogP contribution in [0.15, 0.2) is 35.7 Å². The van der Waals surface area contributed by atoms with Gasteiger partial charge in [-0.3, -0.25) is 0 Å². The van der Waals surface area contributed by atoms with Crippen molar-refractivity contribution in [1.29, 1.82) is 0 Å². The SMILES string of the molecule is Cc1cc(O)n(-c2nc(-c3ccccc3F)cs2)n1. The summed E-state index contributed by atoms with van der Waals surface area (Å²) in [6, 6.07) is 8.00. The van der Waals surface area contributed by atoms with Gasteiger partial charge >= 0.3 is 0 Å². The summed E-state index contributed by atoms with van der Waals surface area (Å²) in [6.07, 6.45) is 0. The molecule has 0 radical (unpaired) electrons. The minimum absolute atomic E-state index is 0.0203. The molecule has 19 heavy (non-hydrogen) atoms. The molecule has 0 saturated heterocycles. The summed E-state index contributed by atoms with van der Waals surface area (Å²) in [5.41, 5.74) is 1.67. The van der Waals surface area contributed by atoms with E-state index in [4.69, 9.17) is 0 Å². The number of benzene rings is 1. The highest BCUT2D eigenvalue weighted by atomic mass is 32.1. The summed E-state index contributed by atoms with van der Waals surface area (Å²) in [4.78, 5) is 4.30. The highest BCUT2D eigenvalue weighted by Crippen LogP contribution is 2.27. The summed E-state index contributed by atoms with van der Waals surface area (Å²) in [5, 5.41) is 16.1. The lowest BCUT2D eigenvalue weighted by Crippen LogP contribution is -1.95. The molecule has 0 aliphatic rings. The molecule has 2 heterocycles. The smallest absolute Gasteiger partial charge is 0.216 e. The van der Waals surface area contributed by atoms with E-state index in [1.54, 1.807) is 36.6 Å². The lowest BCUT2D eigenvalue weighted by Gasteiger charge is -1.98. The molecule has 1 N–H and O–H groups in total. The summed E-state index contributed by atoms with van der Waals surface area (Å²) in [6.45, 7) is 1.78. The molecule has 0 spiro atoms. The van der Waals surface area contributed by atoms with Gasteiger partial charge in [0.2, 0.25) is 11.0 Å². The maximum atomic E-state index is 13.7. The number of rotatable bonds is 2. The van der Waals surface area contributed by atoms with Crippen LogP contribution in [0.4, 0.5) is 4.39 Å². The average Bonchev–Trinajstić information content (AvgIpc) is 2.96. The monoisotopic (exact) mass is 275 g/mol. The zero-order valence-corrected chi connectivity index (χ0v) is 10.9. The molecule has 2 aromatic heterocycles. The molecule has 3 rings (SSSR count). The minimum Gasteiger partial charge on any atom is -0.493 e. The van der Waals surface area contributed by atoms with Gasteiger partial charge in [0, 0.05) is 17.0 Å². The number of hydrogen-bond donors (Lipinski definition) is 1. The number of aromatic hydroxyl groups is 1. The van der Waals surface area contributed by atoms with Gasteiger partial charge in [-0.05, 0) is 19.1 Å². The molecule has 3 aromatic rings. The van der Waals surface area contributed by atoms with Crippen molar-refractivity contribution in [1.82, 2.24) is 14.8 Å². The molecule has 0 aliphatic carbocycles. The molecule has 0 bridgehead atoms. The Morgan fingerprint density at radius 3 is 2.79 bits per heavy atom. The van der Waals surface area contributed by atoms with Crippen molar-refractivity contribution >= 4 is 11.3 Å². The van der Waals surface area contributed by atoms with Crippen molar-refractivity contribution < 1.29 is 9.50 Å². The fourth-order valence-corrected chi connectivity index (χ4v) is 2.56. The number of thiazole rings is 1. The van der Waals surface area contributed by atoms with Gasteiger partial charge < -0.3 is 5.11 Å². The zero-order chi connectivity index (χ0) is 13.4. The van der Waals surface area contributed by atoms with Crippen molar-refractivity contribution in [3.05, 3.63) is 47.2 Å². The predicted octanol–water partition coefficient (Wildman–Crippen LogP) is 3.15. The van der Waals surface area contributed by atoms with E-state index in [9.17, 15) is 9.50 Å². The molecular formula is C13H10FN3OS. The second kappa shape index (κ2) is 4.47. The molecule has 0 amide bonds. The lowest BCUT2D eigenvalue weighted by atomic mass is 10.2. The van der Waals surface area contributed by atoms with Crippen molar-refractivity contribution in [2.45, 2.75) is 6.92 Å². The van der Waals surface area contributed by atoms with Crippen LogP contribution in [-0.2, 0) is 0 Å². The number of nitrogens with zero attached hydrogens (tertiary/aromatic N) is 3. The molecule has 0 fully saturated rings. The molecule has 4 nitrogen and oxygen atoms in total. The third-order valence-corrected chi connectivity index (χ3v) is 3.45. The van der Waals surface area contributed by atoms with Crippen molar-refractivity contribution in [2.24, 2.45) is 0 Å². The Labute approximate surface area is 112 Å². The summed E-state index contributed by atoms with van der Waals surface area (Å²) in [7, 11) is 0. The first-order chi connectivity index (χ1) is 9.15. The Hall–Kier alpha value is -2.21. The summed E-state index contributed by atoms with van der Waals surface area (Å²) in [5.74, 6) is -0.299. The van der Waals surface area contributed by atoms with E-state index in [2.05, 4.69) is 10.1 Å². The quantitative estimate of drug-likeness (QED) is 0.781. The van der Waals surface area contributed by atoms with Gasteiger partial charge in [0.15, 0.2) is 0 Å². The molecule has 6 heteroatoms. The Morgan fingerprint density at radius 2 is 2.11 bits per heavy atom. The first-order valence-electron chi connectivity index (χ1n) is 5.61. The van der Waals surface area contributed by atoms with Crippen LogP contribution in [-0.4, -0.2) is 19.9 Å². The van der Waals surface area contributed by atoms with Crippen molar-refractivity contribution in [2.75, 3.05) is 0 Å². The zero-order valence-electron chi connectivity index (χ0n) is 10.0. The molecule has 0 atom stereocenters. The standard InChI is InChI=1S/C13H10FN3OS/c1-8-6-12(18)17(16-8)13-15-11(7-19-13)9-4-2-3-5-10(9)14/h2-7,18H,1H3. The van der Waals surface area contributed by atoms with Gasteiger partial charge in [-0.15, -0.1) is 11.3 Å². The van der Waals surface area contributed by atoms with E-state index >= 15 is 0 Å². The first-order valence-corrected chi connectivity index (χ1v) is 6.49. The Balaban J connectivity index is 2.05. The number of halogens is 1. The van der Waals surface area contributed by atoms with Crippen LogP contribution < -0.4 is 0 Å². The Bertz CT molecular complexity index is 735. The fraction of sp³-hybridized carbons (Fsp3) is 0.0769. The molecule has 1 aromatic carbocycles. The van der Waals surface area contributed by atoms with E-state index in [-0.39, 0.29) is 11.7 Å². The topological polar surface area (TPSA) is 50.9 Å². The van der Waals surface area contributed by atoms with Gasteiger partial charge in [-0.1, -0.05) is 12.1 Å². The molecule has 0 aliphatic heterocycles. The van der Waals surface area contributed by atoms with Gasteiger partial charge in [-0.25, -0.2) is 9.37 Å². The Morgan fingerprint density at radius 1 is 1.32 bits per heavy atom. The largest absolute Gasteiger partial charge is 0.493 e.